The molecule has 102 valence electrons. The molecule has 0 aliphatic heterocycles. The number of halogens is 1. The molecule has 0 saturated heterocycles. The normalized spacial score (nSPS) is 10.4. The van der Waals surface area contributed by atoms with Gasteiger partial charge in [-0.05, 0) is 31.2 Å². The Bertz CT molecular complexity index is 499. The first-order valence-corrected chi connectivity index (χ1v) is 6.42. The van der Waals surface area contributed by atoms with E-state index in [0.717, 1.165) is 10.5 Å². The predicted octanol–water partition coefficient (Wildman–Crippen LogP) is 2.06. The van der Waals surface area contributed by atoms with Crippen LogP contribution in [0, 0.1) is 0 Å². The van der Waals surface area contributed by atoms with Crippen molar-refractivity contribution < 1.29 is 19.4 Å². The molecule has 1 aromatic rings. The molecule has 0 aliphatic rings. The Balaban J connectivity index is 2.81. The average Bonchev–Trinajstić information content (AvgIpc) is 2.35. The second-order valence-electron chi connectivity index (χ2n) is 3.60. The Kier molecular flexibility index (Phi) is 6.08. The summed E-state index contributed by atoms with van der Waals surface area (Å²) >= 11 is 3.29. The first kappa shape index (κ1) is 15.2. The van der Waals surface area contributed by atoms with E-state index < -0.39 is 5.97 Å². The first-order valence-electron chi connectivity index (χ1n) is 5.63. The van der Waals surface area contributed by atoms with E-state index in [0.29, 0.717) is 17.9 Å². The highest BCUT2D eigenvalue weighted by Crippen LogP contribution is 2.24. The van der Waals surface area contributed by atoms with Gasteiger partial charge in [0.2, 0.25) is 0 Å². The lowest BCUT2D eigenvalue weighted by atomic mass is 10.2. The fourth-order valence-corrected chi connectivity index (χ4v) is 1.71. The maximum atomic E-state index is 11.3. The highest BCUT2D eigenvalue weighted by atomic mass is 79.9. The van der Waals surface area contributed by atoms with E-state index >= 15 is 0 Å². The zero-order chi connectivity index (χ0) is 14.3. The fraction of sp³-hybridized carbons (Fsp3) is 0.231. The SMILES string of the molecule is CCNC(=O)COc1ccc(Br)cc1/C=C/C(=O)O. The number of nitrogens with one attached hydrogen (secondary N) is 1. The molecule has 6 heteroatoms. The number of likely N-dealkylation sites (N-methyl/N-ethyl adjacent to an activating group) is 1. The van der Waals surface area contributed by atoms with Crippen LogP contribution in [0.15, 0.2) is 28.7 Å². The minimum Gasteiger partial charge on any atom is -0.483 e. The molecule has 0 saturated carbocycles. The Labute approximate surface area is 119 Å². The molecule has 0 atom stereocenters. The summed E-state index contributed by atoms with van der Waals surface area (Å²) in [7, 11) is 0. The van der Waals surface area contributed by atoms with Crippen molar-refractivity contribution in [3.05, 3.63) is 34.3 Å². The number of benzene rings is 1. The predicted molar refractivity (Wildman–Crippen MR) is 75.0 cm³/mol. The van der Waals surface area contributed by atoms with Gasteiger partial charge in [-0.2, -0.15) is 0 Å². The van der Waals surface area contributed by atoms with Gasteiger partial charge in [-0.25, -0.2) is 4.79 Å². The third kappa shape index (κ3) is 5.56. The van der Waals surface area contributed by atoms with E-state index in [2.05, 4.69) is 21.2 Å². The summed E-state index contributed by atoms with van der Waals surface area (Å²) in [6.45, 7) is 2.25. The Morgan fingerprint density at radius 1 is 1.47 bits per heavy atom. The number of hydrogen-bond donors (Lipinski definition) is 2. The molecule has 0 bridgehead atoms. The van der Waals surface area contributed by atoms with Crippen LogP contribution in [-0.2, 0) is 9.59 Å². The number of carbonyl (C=O) groups is 2. The van der Waals surface area contributed by atoms with Crippen LogP contribution in [0.5, 0.6) is 5.75 Å². The summed E-state index contributed by atoms with van der Waals surface area (Å²) < 4.78 is 6.16. The number of rotatable bonds is 6. The molecule has 0 aromatic heterocycles. The molecule has 2 N–H and O–H groups in total. The van der Waals surface area contributed by atoms with Crippen LogP contribution in [0.2, 0.25) is 0 Å². The number of carbonyl (C=O) groups excluding carboxylic acids is 1. The number of ether oxygens (including phenoxy) is 1. The van der Waals surface area contributed by atoms with Crippen molar-refractivity contribution in [2.24, 2.45) is 0 Å². The van der Waals surface area contributed by atoms with Crippen LogP contribution in [0.25, 0.3) is 6.08 Å². The second kappa shape index (κ2) is 7.58. The lowest BCUT2D eigenvalue weighted by Gasteiger charge is -2.09. The number of hydrogen-bond acceptors (Lipinski definition) is 3. The van der Waals surface area contributed by atoms with Gasteiger partial charge >= 0.3 is 5.97 Å². The molecule has 5 nitrogen and oxygen atoms in total. The van der Waals surface area contributed by atoms with Crippen molar-refractivity contribution >= 4 is 33.9 Å². The summed E-state index contributed by atoms with van der Waals surface area (Å²) in [6, 6.07) is 5.14. The van der Waals surface area contributed by atoms with Crippen LogP contribution in [0.1, 0.15) is 12.5 Å². The molecule has 0 spiro atoms. The second-order valence-corrected chi connectivity index (χ2v) is 4.51. The van der Waals surface area contributed by atoms with Gasteiger partial charge in [-0.15, -0.1) is 0 Å². The van der Waals surface area contributed by atoms with Gasteiger partial charge in [0.1, 0.15) is 5.75 Å². The number of amides is 1. The van der Waals surface area contributed by atoms with Gasteiger partial charge in [0.05, 0.1) is 0 Å². The molecule has 1 amide bonds. The quantitative estimate of drug-likeness (QED) is 0.784. The number of carboxylic acid groups (broad SMARTS) is 1. The van der Waals surface area contributed by atoms with Gasteiger partial charge in [0, 0.05) is 22.7 Å². The summed E-state index contributed by atoms with van der Waals surface area (Å²) in [5, 5.41) is 11.2. The van der Waals surface area contributed by atoms with E-state index in [1.165, 1.54) is 6.08 Å². The van der Waals surface area contributed by atoms with E-state index in [4.69, 9.17) is 9.84 Å². The van der Waals surface area contributed by atoms with Gasteiger partial charge in [-0.1, -0.05) is 15.9 Å². The third-order valence-electron chi connectivity index (χ3n) is 2.11. The number of aliphatic carboxylic acids is 1. The lowest BCUT2D eigenvalue weighted by molar-refractivity contribution is -0.131. The smallest absolute Gasteiger partial charge is 0.328 e. The van der Waals surface area contributed by atoms with Crippen molar-refractivity contribution in [2.45, 2.75) is 6.92 Å². The largest absolute Gasteiger partial charge is 0.483 e. The highest BCUT2D eigenvalue weighted by Gasteiger charge is 2.05. The molecule has 0 unspecified atom stereocenters. The Hall–Kier alpha value is -1.82. The van der Waals surface area contributed by atoms with Crippen molar-refractivity contribution in [3.8, 4) is 5.75 Å². The molecule has 1 aromatic carbocycles. The van der Waals surface area contributed by atoms with E-state index in [-0.39, 0.29) is 12.5 Å². The highest BCUT2D eigenvalue weighted by molar-refractivity contribution is 9.10. The van der Waals surface area contributed by atoms with Crippen LogP contribution >= 0.6 is 15.9 Å². The maximum absolute atomic E-state index is 11.3. The number of carboxylic acids is 1. The minimum absolute atomic E-state index is 0.108. The van der Waals surface area contributed by atoms with Crippen LogP contribution in [-0.4, -0.2) is 30.1 Å². The molecule has 0 fully saturated rings. The van der Waals surface area contributed by atoms with Crippen molar-refractivity contribution in [2.75, 3.05) is 13.2 Å². The van der Waals surface area contributed by atoms with E-state index in [1.54, 1.807) is 18.2 Å². The molecule has 1 rings (SSSR count). The maximum Gasteiger partial charge on any atom is 0.328 e. The monoisotopic (exact) mass is 327 g/mol. The van der Waals surface area contributed by atoms with Crippen molar-refractivity contribution in [1.29, 1.82) is 0 Å². The van der Waals surface area contributed by atoms with Gasteiger partial charge in [-0.3, -0.25) is 4.79 Å². The molecule has 0 radical (unpaired) electrons. The molecular formula is C13H14BrNO4. The zero-order valence-corrected chi connectivity index (χ0v) is 11.9. The van der Waals surface area contributed by atoms with Crippen molar-refractivity contribution in [3.63, 3.8) is 0 Å². The molecule has 19 heavy (non-hydrogen) atoms. The van der Waals surface area contributed by atoms with Gasteiger partial charge in [0.15, 0.2) is 6.61 Å². The summed E-state index contributed by atoms with van der Waals surface area (Å²) in [6.07, 6.45) is 2.43. The zero-order valence-electron chi connectivity index (χ0n) is 10.4. The van der Waals surface area contributed by atoms with Crippen LogP contribution < -0.4 is 10.1 Å². The summed E-state index contributed by atoms with van der Waals surface area (Å²) in [4.78, 5) is 21.8. The third-order valence-corrected chi connectivity index (χ3v) is 2.60. The van der Waals surface area contributed by atoms with E-state index in [1.807, 2.05) is 6.92 Å². The van der Waals surface area contributed by atoms with Gasteiger partial charge < -0.3 is 15.2 Å². The molecular weight excluding hydrogens is 314 g/mol. The molecule has 0 aliphatic carbocycles. The lowest BCUT2D eigenvalue weighted by Crippen LogP contribution is -2.28. The minimum atomic E-state index is -1.05. The van der Waals surface area contributed by atoms with E-state index in [9.17, 15) is 9.59 Å². The van der Waals surface area contributed by atoms with Crippen LogP contribution in [0.3, 0.4) is 0 Å². The van der Waals surface area contributed by atoms with Crippen molar-refractivity contribution in [1.82, 2.24) is 5.32 Å². The standard InChI is InChI=1S/C13H14BrNO4/c1-2-15-12(16)8-19-11-5-4-10(14)7-9(11)3-6-13(17)18/h3-7H,2,8H2,1H3,(H,15,16)(H,17,18)/b6-3+. The summed E-state index contributed by atoms with van der Waals surface area (Å²) in [5.74, 6) is -0.819. The summed E-state index contributed by atoms with van der Waals surface area (Å²) in [5.41, 5.74) is 0.584. The average molecular weight is 328 g/mol. The fourth-order valence-electron chi connectivity index (χ4n) is 1.33. The first-order chi connectivity index (χ1) is 9.02. The Morgan fingerprint density at radius 2 is 2.21 bits per heavy atom. The topological polar surface area (TPSA) is 75.6 Å². The van der Waals surface area contributed by atoms with Crippen LogP contribution in [0.4, 0.5) is 0 Å². The van der Waals surface area contributed by atoms with Gasteiger partial charge in [0.25, 0.3) is 5.91 Å². The molecule has 0 heterocycles. The Morgan fingerprint density at radius 3 is 2.84 bits per heavy atom.